The van der Waals surface area contributed by atoms with E-state index in [0.717, 1.165) is 18.9 Å². The van der Waals surface area contributed by atoms with Gasteiger partial charge in [-0.1, -0.05) is 19.0 Å². The summed E-state index contributed by atoms with van der Waals surface area (Å²) >= 11 is 0. The number of hydrogen-bond donors (Lipinski definition) is 0. The number of ether oxygens (including phenoxy) is 3. The highest BCUT2D eigenvalue weighted by Gasteiger charge is 2.07. The van der Waals surface area contributed by atoms with Crippen LogP contribution in [-0.2, 0) is 19.0 Å². The zero-order valence-electron chi connectivity index (χ0n) is 11.7. The number of hydrogen-bond acceptors (Lipinski definition) is 4. The molecule has 0 saturated carbocycles. The predicted molar refractivity (Wildman–Crippen MR) is 75.6 cm³/mol. The fourth-order valence-corrected chi connectivity index (χ4v) is 3.25. The molecule has 0 fully saturated rings. The quantitative estimate of drug-likeness (QED) is 0.179. The Labute approximate surface area is 113 Å². The van der Waals surface area contributed by atoms with Gasteiger partial charge in [0.15, 0.2) is 6.29 Å². The molecule has 0 N–H and O–H groups in total. The van der Waals surface area contributed by atoms with Crippen LogP contribution in [-0.4, -0.2) is 41.6 Å². The second-order valence-corrected chi connectivity index (χ2v) is 5.91. The van der Waals surface area contributed by atoms with Gasteiger partial charge in [0.2, 0.25) is 0 Å². The molecule has 0 aliphatic heterocycles. The van der Waals surface area contributed by atoms with Crippen molar-refractivity contribution in [1.29, 1.82) is 0 Å². The molecule has 0 aromatic heterocycles. The van der Waals surface area contributed by atoms with Crippen LogP contribution in [0.25, 0.3) is 0 Å². The van der Waals surface area contributed by atoms with E-state index in [0.29, 0.717) is 19.8 Å². The van der Waals surface area contributed by atoms with Crippen LogP contribution in [0.5, 0.6) is 0 Å². The minimum absolute atomic E-state index is 0.00902. The Morgan fingerprint density at radius 3 is 2.50 bits per heavy atom. The van der Waals surface area contributed by atoms with E-state index in [9.17, 15) is 4.79 Å². The van der Waals surface area contributed by atoms with E-state index in [1.807, 2.05) is 13.8 Å². The van der Waals surface area contributed by atoms with Gasteiger partial charge in [-0.05, 0) is 26.3 Å². The Kier molecular flexibility index (Phi) is 12.3. The van der Waals surface area contributed by atoms with Crippen molar-refractivity contribution in [3.63, 3.8) is 0 Å². The summed E-state index contributed by atoms with van der Waals surface area (Å²) in [7, 11) is -0.140. The molecule has 0 spiro atoms. The van der Waals surface area contributed by atoms with Crippen molar-refractivity contribution < 1.29 is 19.0 Å². The zero-order valence-corrected chi connectivity index (χ0v) is 13.1. The van der Waals surface area contributed by atoms with E-state index in [1.165, 1.54) is 12.1 Å². The van der Waals surface area contributed by atoms with Crippen LogP contribution >= 0.6 is 0 Å². The lowest BCUT2D eigenvalue weighted by atomic mass is 10.4. The molecule has 0 aliphatic carbocycles. The molecule has 0 bridgehead atoms. The van der Waals surface area contributed by atoms with Gasteiger partial charge in [0.25, 0.3) is 0 Å². The molecule has 0 amide bonds. The first kappa shape index (κ1) is 17.3. The summed E-state index contributed by atoms with van der Waals surface area (Å²) in [6, 6.07) is 2.30. The lowest BCUT2D eigenvalue weighted by Gasteiger charge is -2.16. The van der Waals surface area contributed by atoms with Gasteiger partial charge >= 0.3 is 5.97 Å². The van der Waals surface area contributed by atoms with Crippen LogP contribution in [0, 0.1) is 0 Å². The fourth-order valence-electron chi connectivity index (χ4n) is 1.58. The lowest BCUT2D eigenvalue weighted by molar-refractivity contribution is -0.137. The maximum absolute atomic E-state index is 10.8. The number of esters is 1. The maximum atomic E-state index is 10.8. The van der Waals surface area contributed by atoms with Crippen molar-refractivity contribution >= 4 is 15.5 Å². The molecule has 0 radical (unpaired) electrons. The van der Waals surface area contributed by atoms with Crippen molar-refractivity contribution in [1.82, 2.24) is 0 Å². The van der Waals surface area contributed by atoms with Crippen molar-refractivity contribution in [3.8, 4) is 0 Å². The third-order valence-electron chi connectivity index (χ3n) is 2.45. The van der Waals surface area contributed by atoms with Crippen molar-refractivity contribution in [2.45, 2.75) is 45.1 Å². The van der Waals surface area contributed by atoms with Crippen LogP contribution in [0.1, 0.15) is 26.7 Å². The molecular formula is C13H26O4Si. The van der Waals surface area contributed by atoms with E-state index in [-0.39, 0.29) is 21.8 Å². The normalized spacial score (nSPS) is 11.3. The molecule has 0 atom stereocenters. The minimum atomic E-state index is -0.333. The molecule has 0 rings (SSSR count). The third-order valence-corrected chi connectivity index (χ3v) is 4.33. The highest BCUT2D eigenvalue weighted by atomic mass is 28.2. The topological polar surface area (TPSA) is 44.8 Å². The number of carbonyl (C=O) groups excluding carboxylic acids is 1. The first-order valence-electron chi connectivity index (χ1n) is 6.77. The SMILES string of the molecule is C=CC(=O)OCCCC[SiH2]CC(OCC)OCC. The number of rotatable bonds is 12. The minimum Gasteiger partial charge on any atom is -0.463 e. The first-order valence-corrected chi connectivity index (χ1v) is 8.77. The van der Waals surface area contributed by atoms with Gasteiger partial charge in [-0.3, -0.25) is 0 Å². The van der Waals surface area contributed by atoms with Crippen LogP contribution in [0.3, 0.4) is 0 Å². The molecule has 0 aliphatic rings. The largest absolute Gasteiger partial charge is 0.463 e. The van der Waals surface area contributed by atoms with E-state index in [1.54, 1.807) is 0 Å². The third kappa shape index (κ3) is 10.5. The average Bonchev–Trinajstić information content (AvgIpc) is 2.37. The van der Waals surface area contributed by atoms with Gasteiger partial charge in [-0.15, -0.1) is 0 Å². The fraction of sp³-hybridized carbons (Fsp3) is 0.769. The summed E-state index contributed by atoms with van der Waals surface area (Å²) in [5.41, 5.74) is 0. The van der Waals surface area contributed by atoms with Gasteiger partial charge in [-0.2, -0.15) is 0 Å². The van der Waals surface area contributed by atoms with Gasteiger partial charge in [0.05, 0.1) is 6.61 Å². The molecule has 4 nitrogen and oxygen atoms in total. The van der Waals surface area contributed by atoms with Crippen molar-refractivity contribution in [3.05, 3.63) is 12.7 Å². The molecule has 0 saturated heterocycles. The molecule has 0 aromatic rings. The Morgan fingerprint density at radius 1 is 1.28 bits per heavy atom. The Bertz CT molecular complexity index is 215. The zero-order chi connectivity index (χ0) is 13.6. The lowest BCUT2D eigenvalue weighted by Crippen LogP contribution is -2.19. The van der Waals surface area contributed by atoms with E-state index in [4.69, 9.17) is 14.2 Å². The summed E-state index contributed by atoms with van der Waals surface area (Å²) in [5.74, 6) is -0.333. The summed E-state index contributed by atoms with van der Waals surface area (Å²) in [4.78, 5) is 10.8. The Morgan fingerprint density at radius 2 is 1.94 bits per heavy atom. The molecule has 0 unspecified atom stereocenters. The second-order valence-electron chi connectivity index (χ2n) is 3.91. The second kappa shape index (κ2) is 12.8. The monoisotopic (exact) mass is 274 g/mol. The Balaban J connectivity index is 3.37. The van der Waals surface area contributed by atoms with Gasteiger partial charge in [-0.25, -0.2) is 4.79 Å². The predicted octanol–water partition coefficient (Wildman–Crippen LogP) is 1.90. The van der Waals surface area contributed by atoms with E-state index < -0.39 is 0 Å². The van der Waals surface area contributed by atoms with Crippen LogP contribution < -0.4 is 0 Å². The van der Waals surface area contributed by atoms with Crippen molar-refractivity contribution in [2.75, 3.05) is 19.8 Å². The molecule has 106 valence electrons. The molecule has 0 heterocycles. The molecule has 5 heteroatoms. The molecule has 18 heavy (non-hydrogen) atoms. The van der Waals surface area contributed by atoms with Crippen LogP contribution in [0.4, 0.5) is 0 Å². The van der Waals surface area contributed by atoms with Gasteiger partial charge < -0.3 is 14.2 Å². The van der Waals surface area contributed by atoms with Gasteiger partial charge in [0, 0.05) is 28.8 Å². The summed E-state index contributed by atoms with van der Waals surface area (Å²) in [6.45, 7) is 9.23. The smallest absolute Gasteiger partial charge is 0.330 e. The highest BCUT2D eigenvalue weighted by Crippen LogP contribution is 2.05. The summed E-state index contributed by atoms with van der Waals surface area (Å²) in [6.07, 6.45) is 3.23. The van der Waals surface area contributed by atoms with Crippen molar-refractivity contribution in [2.24, 2.45) is 0 Å². The number of unbranched alkanes of at least 4 members (excludes halogenated alkanes) is 1. The highest BCUT2D eigenvalue weighted by molar-refractivity contribution is 6.35. The van der Waals surface area contributed by atoms with E-state index in [2.05, 4.69) is 6.58 Å². The van der Waals surface area contributed by atoms with Gasteiger partial charge in [0.1, 0.15) is 0 Å². The van der Waals surface area contributed by atoms with E-state index >= 15 is 0 Å². The molecule has 0 aromatic carbocycles. The molecular weight excluding hydrogens is 248 g/mol. The maximum Gasteiger partial charge on any atom is 0.330 e. The first-order chi connectivity index (χ1) is 8.74. The van der Waals surface area contributed by atoms with Crippen LogP contribution in [0.2, 0.25) is 12.1 Å². The Hall–Kier alpha value is -0.653. The average molecular weight is 274 g/mol. The number of carbonyl (C=O) groups is 1. The van der Waals surface area contributed by atoms with Crippen LogP contribution in [0.15, 0.2) is 12.7 Å². The summed E-state index contributed by atoms with van der Waals surface area (Å²) < 4.78 is 15.9. The standard InChI is InChI=1S/C13H26O4Si/c1-4-12(14)17-9-7-8-10-18-11-13(15-5-2)16-6-3/h4,13H,1,5-11,18H2,2-3H3. The summed E-state index contributed by atoms with van der Waals surface area (Å²) in [5, 5.41) is 0.